The summed E-state index contributed by atoms with van der Waals surface area (Å²) in [5.41, 5.74) is 1.45. The number of amides is 2. The number of aliphatic hydroxyl groups is 1. The second kappa shape index (κ2) is 8.14. The quantitative estimate of drug-likeness (QED) is 0.737. The maximum Gasteiger partial charge on any atom is 0.282 e. The molecule has 28 heavy (non-hydrogen) atoms. The number of benzene rings is 2. The molecule has 3 rings (SSSR count). The molecule has 7 heteroatoms. The lowest BCUT2D eigenvalue weighted by Gasteiger charge is -2.21. The highest BCUT2D eigenvalue weighted by atomic mass is 16.5. The van der Waals surface area contributed by atoms with Crippen molar-refractivity contribution in [3.8, 4) is 11.5 Å². The molecule has 0 unspecified atom stereocenters. The molecule has 0 atom stereocenters. The number of hydrogen-bond acceptors (Lipinski definition) is 6. The van der Waals surface area contributed by atoms with Gasteiger partial charge >= 0.3 is 0 Å². The number of rotatable bonds is 7. The number of carbonyl (C=O) groups excluding carboxylic acids is 2. The minimum absolute atomic E-state index is 0.147. The molecule has 1 aliphatic rings. The summed E-state index contributed by atoms with van der Waals surface area (Å²) in [4.78, 5) is 29.4. The monoisotopic (exact) mass is 382 g/mol. The predicted octanol–water partition coefficient (Wildman–Crippen LogP) is 1.91. The van der Waals surface area contributed by atoms with Gasteiger partial charge in [-0.05, 0) is 17.7 Å². The van der Waals surface area contributed by atoms with Crippen molar-refractivity contribution in [1.82, 2.24) is 4.90 Å². The van der Waals surface area contributed by atoms with Gasteiger partial charge in [0.05, 0.1) is 32.1 Å². The summed E-state index contributed by atoms with van der Waals surface area (Å²) >= 11 is 0. The molecule has 1 aliphatic heterocycles. The highest BCUT2D eigenvalue weighted by molar-refractivity contribution is 6.45. The van der Waals surface area contributed by atoms with Crippen LogP contribution in [0, 0.1) is 0 Å². The van der Waals surface area contributed by atoms with Gasteiger partial charge in [0.15, 0.2) is 0 Å². The molecule has 2 aromatic rings. The Morgan fingerprint density at radius 1 is 1.00 bits per heavy atom. The number of imide groups is 1. The number of aliphatic hydroxyl groups excluding tert-OH is 1. The van der Waals surface area contributed by atoms with E-state index in [1.165, 1.54) is 14.2 Å². The molecule has 0 radical (unpaired) electrons. The third-order valence-electron chi connectivity index (χ3n) is 4.57. The number of anilines is 1. The van der Waals surface area contributed by atoms with Gasteiger partial charge in [-0.3, -0.25) is 9.59 Å². The van der Waals surface area contributed by atoms with Crippen LogP contribution >= 0.6 is 0 Å². The second-order valence-corrected chi connectivity index (χ2v) is 6.22. The van der Waals surface area contributed by atoms with E-state index in [1.54, 1.807) is 54.4 Å². The van der Waals surface area contributed by atoms with Gasteiger partial charge < -0.3 is 19.5 Å². The van der Waals surface area contributed by atoms with Gasteiger partial charge in [-0.2, -0.15) is 0 Å². The molecule has 0 bridgehead atoms. The lowest BCUT2D eigenvalue weighted by Crippen LogP contribution is -2.35. The molecule has 0 aliphatic carbocycles. The number of hydrogen-bond donors (Lipinski definition) is 1. The van der Waals surface area contributed by atoms with E-state index < -0.39 is 11.8 Å². The van der Waals surface area contributed by atoms with Crippen molar-refractivity contribution < 1.29 is 24.2 Å². The third kappa shape index (κ3) is 3.32. The van der Waals surface area contributed by atoms with Crippen molar-refractivity contribution in [3.05, 3.63) is 59.8 Å². The van der Waals surface area contributed by atoms with E-state index in [0.29, 0.717) is 22.7 Å². The van der Waals surface area contributed by atoms with Gasteiger partial charge in [0.2, 0.25) is 0 Å². The highest BCUT2D eigenvalue weighted by Crippen LogP contribution is 2.39. The number of likely N-dealkylation sites (N-methyl/N-ethyl adjacent to an activating group) is 1. The molecule has 0 saturated carbocycles. The average Bonchev–Trinajstić information content (AvgIpc) is 2.98. The first-order valence-corrected chi connectivity index (χ1v) is 8.76. The molecule has 0 spiro atoms. The summed E-state index contributed by atoms with van der Waals surface area (Å²) < 4.78 is 10.6. The number of carbonyl (C=O) groups is 2. The first-order chi connectivity index (χ1) is 13.5. The summed E-state index contributed by atoms with van der Waals surface area (Å²) in [6, 6.07) is 13.9. The lowest BCUT2D eigenvalue weighted by molar-refractivity contribution is -0.120. The first kappa shape index (κ1) is 19.4. The van der Waals surface area contributed by atoms with E-state index in [9.17, 15) is 14.7 Å². The molecule has 0 saturated heterocycles. The molecule has 0 fully saturated rings. The molecule has 7 nitrogen and oxygen atoms in total. The van der Waals surface area contributed by atoms with Gasteiger partial charge in [0.25, 0.3) is 11.8 Å². The maximum atomic E-state index is 13.4. The highest BCUT2D eigenvalue weighted by Gasteiger charge is 2.42. The van der Waals surface area contributed by atoms with Crippen molar-refractivity contribution in [2.75, 3.05) is 39.3 Å². The Bertz CT molecular complexity index is 924. The van der Waals surface area contributed by atoms with Crippen LogP contribution in [-0.4, -0.2) is 56.2 Å². The predicted molar refractivity (Wildman–Crippen MR) is 105 cm³/mol. The number of methoxy groups -OCH3 is 2. The van der Waals surface area contributed by atoms with Crippen molar-refractivity contribution in [2.24, 2.45) is 0 Å². The van der Waals surface area contributed by atoms with Crippen molar-refractivity contribution in [1.29, 1.82) is 0 Å². The Labute approximate surface area is 163 Å². The summed E-state index contributed by atoms with van der Waals surface area (Å²) in [7, 11) is 4.65. The van der Waals surface area contributed by atoms with E-state index in [4.69, 9.17) is 9.47 Å². The zero-order valence-corrected chi connectivity index (χ0v) is 16.0. The first-order valence-electron chi connectivity index (χ1n) is 8.76. The van der Waals surface area contributed by atoms with Crippen LogP contribution in [0.15, 0.2) is 54.2 Å². The largest absolute Gasteiger partial charge is 0.497 e. The minimum Gasteiger partial charge on any atom is -0.497 e. The Hall–Kier alpha value is -3.32. The molecule has 1 heterocycles. The second-order valence-electron chi connectivity index (χ2n) is 6.22. The fraction of sp³-hybridized carbons (Fsp3) is 0.238. The van der Waals surface area contributed by atoms with Crippen LogP contribution in [0.25, 0.3) is 5.57 Å². The van der Waals surface area contributed by atoms with Gasteiger partial charge in [-0.15, -0.1) is 0 Å². The Balaban J connectivity index is 2.16. The van der Waals surface area contributed by atoms with Crippen molar-refractivity contribution in [3.63, 3.8) is 0 Å². The van der Waals surface area contributed by atoms with Crippen molar-refractivity contribution >= 4 is 23.1 Å². The average molecular weight is 382 g/mol. The van der Waals surface area contributed by atoms with Crippen LogP contribution in [0.3, 0.4) is 0 Å². The molecular formula is C21H22N2O5. The number of nitrogens with zero attached hydrogens (tertiary/aromatic N) is 2. The summed E-state index contributed by atoms with van der Waals surface area (Å²) in [5.74, 6) is -0.0651. The van der Waals surface area contributed by atoms with Gasteiger partial charge in [0.1, 0.15) is 17.2 Å². The topological polar surface area (TPSA) is 79.3 Å². The van der Waals surface area contributed by atoms with Crippen LogP contribution in [0.4, 0.5) is 5.69 Å². The van der Waals surface area contributed by atoms with Crippen LogP contribution in [-0.2, 0) is 9.59 Å². The Morgan fingerprint density at radius 3 is 2.32 bits per heavy atom. The molecule has 2 amide bonds. The molecule has 1 N–H and O–H groups in total. The van der Waals surface area contributed by atoms with E-state index in [2.05, 4.69) is 0 Å². The van der Waals surface area contributed by atoms with Crippen LogP contribution in [0.2, 0.25) is 0 Å². The van der Waals surface area contributed by atoms with Crippen LogP contribution in [0.1, 0.15) is 5.56 Å². The van der Waals surface area contributed by atoms with E-state index in [1.807, 2.05) is 6.07 Å². The van der Waals surface area contributed by atoms with Gasteiger partial charge in [-0.1, -0.05) is 30.3 Å². The normalized spacial score (nSPS) is 13.9. The third-order valence-corrected chi connectivity index (χ3v) is 4.57. The standard InChI is InChI=1S/C21H22N2O5/c1-22(11-12-24)19-18(14-7-5-4-6-8-14)20(25)23(21(19)26)16-13-15(27-2)9-10-17(16)28-3/h4-10,13,24H,11-12H2,1-3H3. The van der Waals surface area contributed by atoms with Crippen molar-refractivity contribution in [2.45, 2.75) is 0 Å². The molecule has 146 valence electrons. The van der Waals surface area contributed by atoms with E-state index >= 15 is 0 Å². The number of ether oxygens (including phenoxy) is 2. The Kier molecular flexibility index (Phi) is 5.65. The van der Waals surface area contributed by atoms with E-state index in [-0.39, 0.29) is 24.4 Å². The SMILES string of the molecule is COc1ccc(OC)c(N2C(=O)C(c3ccccc3)=C(N(C)CCO)C2=O)c1. The lowest BCUT2D eigenvalue weighted by atomic mass is 10.0. The molecule has 0 aromatic heterocycles. The van der Waals surface area contributed by atoms with Crippen LogP contribution < -0.4 is 14.4 Å². The molecular weight excluding hydrogens is 360 g/mol. The zero-order valence-electron chi connectivity index (χ0n) is 16.0. The van der Waals surface area contributed by atoms with Crippen LogP contribution in [0.5, 0.6) is 11.5 Å². The van der Waals surface area contributed by atoms with E-state index in [0.717, 1.165) is 4.90 Å². The summed E-state index contributed by atoms with van der Waals surface area (Å²) in [6.45, 7) is 0.0692. The maximum absolute atomic E-state index is 13.4. The minimum atomic E-state index is -0.480. The summed E-state index contributed by atoms with van der Waals surface area (Å²) in [5, 5.41) is 9.33. The molecule has 2 aromatic carbocycles. The zero-order chi connectivity index (χ0) is 20.3. The summed E-state index contributed by atoms with van der Waals surface area (Å²) in [6.07, 6.45) is 0. The smallest absolute Gasteiger partial charge is 0.282 e. The Morgan fingerprint density at radius 2 is 1.71 bits per heavy atom. The van der Waals surface area contributed by atoms with Gasteiger partial charge in [-0.25, -0.2) is 4.90 Å². The van der Waals surface area contributed by atoms with Gasteiger partial charge in [0, 0.05) is 19.7 Å². The fourth-order valence-corrected chi connectivity index (χ4v) is 3.19. The fourth-order valence-electron chi connectivity index (χ4n) is 3.19.